The van der Waals surface area contributed by atoms with Gasteiger partial charge in [0.05, 0.1) is 52.7 Å². The van der Waals surface area contributed by atoms with Crippen LogP contribution in [-0.4, -0.2) is 105 Å². The highest BCUT2D eigenvalue weighted by Crippen LogP contribution is 2.41. The lowest BCUT2D eigenvalue weighted by Gasteiger charge is -2.34. The van der Waals surface area contributed by atoms with Crippen molar-refractivity contribution in [2.75, 3.05) is 63.4 Å². The van der Waals surface area contributed by atoms with Gasteiger partial charge in [0, 0.05) is 46.5 Å². The number of carboxylic acid groups (broad SMARTS) is 1. The lowest BCUT2D eigenvalue weighted by Crippen LogP contribution is -2.35. The standard InChI is InChI=1S/2C23H34N4O3/c1-15(2)21-20-19(26-11-9-16(10-12-26)14-30-3)13-18(23(28)29)24-22(20)27(25-21)17-7-5-4-6-8-17;1-15(2)21-20-19(26-11-9-16(14-28)10-12-26)13-18(23(29)30-3)24-22(20)27(25-21)17-7-5-4-6-8-17/h13,15-17H,4-12,14H2,1-3H3,(H,28,29);13,15-17,28H,4-12,14H2,1-3H3. The molecule has 2 saturated heterocycles. The number of rotatable bonds is 11. The molecular formula is C46H68N8O6. The Kier molecular flexibility index (Phi) is 14.3. The smallest absolute Gasteiger partial charge is 0.356 e. The van der Waals surface area contributed by atoms with Gasteiger partial charge >= 0.3 is 11.9 Å². The summed E-state index contributed by atoms with van der Waals surface area (Å²) in [4.78, 5) is 38.4. The second-order valence-electron chi connectivity index (χ2n) is 18.3. The van der Waals surface area contributed by atoms with Crippen molar-refractivity contribution in [1.29, 1.82) is 0 Å². The van der Waals surface area contributed by atoms with Crippen LogP contribution in [0.1, 0.15) is 174 Å². The molecule has 4 aromatic heterocycles. The van der Waals surface area contributed by atoms with E-state index in [2.05, 4.69) is 51.8 Å². The molecule has 0 radical (unpaired) electrons. The fraction of sp³-hybridized carbons (Fsp3) is 0.696. The van der Waals surface area contributed by atoms with Gasteiger partial charge in [-0.15, -0.1) is 0 Å². The SMILES string of the molecule is COC(=O)c1cc(N2CCC(CO)CC2)c2c(C(C)C)nn(C3CCCCC3)c2n1.COCC1CCN(c2cc(C(=O)O)nc3c2c(C(C)C)nn3C2CCCCC2)CC1. The van der Waals surface area contributed by atoms with Crippen LogP contribution in [-0.2, 0) is 9.47 Å². The third kappa shape index (κ3) is 9.29. The molecule has 4 aliphatic rings. The topological polar surface area (TPSA) is 161 Å². The first-order valence-electron chi connectivity index (χ1n) is 22.8. The number of aliphatic hydroxyl groups excluding tert-OH is 1. The number of carboxylic acids is 1. The third-order valence-corrected chi connectivity index (χ3v) is 13.5. The number of hydrogen-bond acceptors (Lipinski definition) is 11. The van der Waals surface area contributed by atoms with Crippen LogP contribution in [0.15, 0.2) is 12.1 Å². The number of esters is 1. The van der Waals surface area contributed by atoms with Crippen LogP contribution in [0.4, 0.5) is 11.4 Å². The van der Waals surface area contributed by atoms with Crippen molar-refractivity contribution in [2.45, 2.75) is 142 Å². The number of aromatic nitrogens is 6. The van der Waals surface area contributed by atoms with E-state index in [4.69, 9.17) is 24.7 Å². The van der Waals surface area contributed by atoms with E-state index < -0.39 is 11.9 Å². The van der Waals surface area contributed by atoms with Crippen LogP contribution in [0.2, 0.25) is 0 Å². The van der Waals surface area contributed by atoms with Crippen molar-refractivity contribution in [1.82, 2.24) is 29.5 Å². The number of fused-ring (bicyclic) bond motifs is 2. The van der Waals surface area contributed by atoms with E-state index >= 15 is 0 Å². The molecule has 60 heavy (non-hydrogen) atoms. The maximum absolute atomic E-state index is 12.5. The Labute approximate surface area is 355 Å². The second-order valence-corrected chi connectivity index (χ2v) is 18.3. The Balaban J connectivity index is 0.000000181. The van der Waals surface area contributed by atoms with Crippen molar-refractivity contribution in [3.8, 4) is 0 Å². The minimum atomic E-state index is -0.977. The van der Waals surface area contributed by atoms with Crippen molar-refractivity contribution in [3.05, 3.63) is 34.9 Å². The first-order valence-corrected chi connectivity index (χ1v) is 22.8. The molecule has 4 fully saturated rings. The molecule has 0 aromatic carbocycles. The van der Waals surface area contributed by atoms with Gasteiger partial charge in [0.2, 0.25) is 0 Å². The summed E-state index contributed by atoms with van der Waals surface area (Å²) in [5, 5.41) is 31.5. The van der Waals surface area contributed by atoms with Crippen LogP contribution in [0.25, 0.3) is 22.1 Å². The Morgan fingerprint density at radius 3 is 1.50 bits per heavy atom. The quantitative estimate of drug-likeness (QED) is 0.139. The fourth-order valence-corrected chi connectivity index (χ4v) is 10.0. The van der Waals surface area contributed by atoms with Crippen LogP contribution < -0.4 is 9.80 Å². The van der Waals surface area contributed by atoms with Crippen LogP contribution in [0.5, 0.6) is 0 Å². The summed E-state index contributed by atoms with van der Waals surface area (Å²) < 4.78 is 14.5. The fourth-order valence-electron chi connectivity index (χ4n) is 10.0. The number of hydrogen-bond donors (Lipinski definition) is 2. The molecule has 6 heterocycles. The summed E-state index contributed by atoms with van der Waals surface area (Å²) in [6.45, 7) is 13.2. The number of pyridine rings is 2. The summed E-state index contributed by atoms with van der Waals surface area (Å²) in [5.74, 6) is 0.0440. The summed E-state index contributed by atoms with van der Waals surface area (Å²) in [6.07, 6.45) is 15.7. The van der Waals surface area contributed by atoms with Crippen molar-refractivity contribution in [2.24, 2.45) is 11.8 Å². The molecule has 2 aliphatic heterocycles. The van der Waals surface area contributed by atoms with Gasteiger partial charge in [-0.1, -0.05) is 66.2 Å². The van der Waals surface area contributed by atoms with Gasteiger partial charge in [-0.2, -0.15) is 10.2 Å². The number of anilines is 2. The maximum atomic E-state index is 12.5. The normalized spacial score (nSPS) is 19.1. The van der Waals surface area contributed by atoms with Crippen molar-refractivity contribution < 1.29 is 29.3 Å². The zero-order valence-electron chi connectivity index (χ0n) is 36.9. The highest BCUT2D eigenvalue weighted by atomic mass is 16.5. The van der Waals surface area contributed by atoms with E-state index in [1.54, 1.807) is 13.2 Å². The van der Waals surface area contributed by atoms with E-state index in [9.17, 15) is 19.8 Å². The zero-order valence-corrected chi connectivity index (χ0v) is 36.9. The van der Waals surface area contributed by atoms with Gasteiger partial charge in [0.15, 0.2) is 22.7 Å². The number of aliphatic hydroxyl groups is 1. The van der Waals surface area contributed by atoms with E-state index in [-0.39, 0.29) is 24.1 Å². The van der Waals surface area contributed by atoms with E-state index in [0.29, 0.717) is 29.6 Å². The van der Waals surface area contributed by atoms with Gasteiger partial charge in [0.25, 0.3) is 0 Å². The molecule has 14 nitrogen and oxygen atoms in total. The molecule has 0 bridgehead atoms. The molecule has 2 saturated carbocycles. The average Bonchev–Trinajstić information content (AvgIpc) is 3.87. The molecule has 0 amide bonds. The molecule has 0 spiro atoms. The molecule has 4 aromatic rings. The number of piperidine rings is 2. The van der Waals surface area contributed by atoms with Gasteiger partial charge in [-0.3, -0.25) is 0 Å². The monoisotopic (exact) mass is 829 g/mol. The number of nitrogens with zero attached hydrogens (tertiary/aromatic N) is 8. The predicted octanol–water partition coefficient (Wildman–Crippen LogP) is 8.68. The number of methoxy groups -OCH3 is 2. The zero-order chi connectivity index (χ0) is 42.5. The first kappa shape index (κ1) is 43.8. The second kappa shape index (κ2) is 19.6. The van der Waals surface area contributed by atoms with Gasteiger partial charge < -0.3 is 29.5 Å². The summed E-state index contributed by atoms with van der Waals surface area (Å²) in [7, 11) is 3.16. The van der Waals surface area contributed by atoms with Crippen LogP contribution >= 0.6 is 0 Å². The molecule has 328 valence electrons. The van der Waals surface area contributed by atoms with Crippen molar-refractivity contribution >= 4 is 45.4 Å². The van der Waals surface area contributed by atoms with Gasteiger partial charge in [0.1, 0.15) is 0 Å². The summed E-state index contributed by atoms with van der Waals surface area (Å²) >= 11 is 0. The molecule has 2 N–H and O–H groups in total. The molecule has 8 rings (SSSR count). The van der Waals surface area contributed by atoms with E-state index in [0.717, 1.165) is 129 Å². The summed E-state index contributed by atoms with van der Waals surface area (Å²) in [5.41, 5.74) is 6.13. The Hall–Kier alpha value is -4.30. The number of carbonyl (C=O) groups excluding carboxylic acids is 1. The number of aromatic carboxylic acids is 1. The minimum absolute atomic E-state index is 0.115. The number of ether oxygens (including phenoxy) is 2. The van der Waals surface area contributed by atoms with Crippen LogP contribution in [0.3, 0.4) is 0 Å². The third-order valence-electron chi connectivity index (χ3n) is 13.5. The highest BCUT2D eigenvalue weighted by molar-refractivity contribution is 5.99. The first-order chi connectivity index (χ1) is 29.0. The Morgan fingerprint density at radius 1 is 0.667 bits per heavy atom. The largest absolute Gasteiger partial charge is 0.477 e. The summed E-state index contributed by atoms with van der Waals surface area (Å²) in [6, 6.07) is 4.29. The highest BCUT2D eigenvalue weighted by Gasteiger charge is 2.31. The van der Waals surface area contributed by atoms with Gasteiger partial charge in [-0.25, -0.2) is 28.9 Å². The Bertz CT molecular complexity index is 2080. The average molecular weight is 829 g/mol. The Morgan fingerprint density at radius 2 is 1.10 bits per heavy atom. The molecule has 0 unspecified atom stereocenters. The minimum Gasteiger partial charge on any atom is -0.477 e. The lowest BCUT2D eigenvalue weighted by atomic mass is 9.95. The van der Waals surface area contributed by atoms with E-state index in [1.807, 2.05) is 6.07 Å². The predicted molar refractivity (Wildman–Crippen MR) is 235 cm³/mol. The lowest BCUT2D eigenvalue weighted by molar-refractivity contribution is 0.0593. The van der Waals surface area contributed by atoms with Crippen LogP contribution in [0, 0.1) is 11.8 Å². The molecular weight excluding hydrogens is 761 g/mol. The molecule has 2 aliphatic carbocycles. The van der Waals surface area contributed by atoms with E-state index in [1.165, 1.54) is 45.6 Å². The maximum Gasteiger partial charge on any atom is 0.356 e. The van der Waals surface area contributed by atoms with Crippen molar-refractivity contribution in [3.63, 3.8) is 0 Å². The van der Waals surface area contributed by atoms with Gasteiger partial charge in [-0.05, 0) is 87.2 Å². The molecule has 14 heteroatoms. The molecule has 0 atom stereocenters. The number of carbonyl (C=O) groups is 2.